The Morgan fingerprint density at radius 2 is 1.81 bits per heavy atom. The number of carbonyl (C=O) groups is 1. The number of piperazine rings is 1. The van der Waals surface area contributed by atoms with E-state index in [9.17, 15) is 4.79 Å². The Bertz CT molecular complexity index is 842. The second kappa shape index (κ2) is 8.41. The van der Waals surface area contributed by atoms with Gasteiger partial charge in [-0.3, -0.25) is 9.69 Å². The van der Waals surface area contributed by atoms with Crippen molar-refractivity contribution < 1.29 is 4.79 Å². The largest absolute Gasteiger partial charge is 0.369 e. The normalized spacial score (nSPS) is 14.7. The van der Waals surface area contributed by atoms with E-state index in [1.807, 2.05) is 24.3 Å². The number of hydrogen-bond donors (Lipinski definition) is 1. The van der Waals surface area contributed by atoms with E-state index in [0.29, 0.717) is 27.8 Å². The second-order valence-corrected chi connectivity index (χ2v) is 6.88. The lowest BCUT2D eigenvalue weighted by Gasteiger charge is -2.35. The van der Waals surface area contributed by atoms with E-state index in [2.05, 4.69) is 21.2 Å². The average molecular weight is 389 g/mol. The molecule has 0 unspecified atom stereocenters. The molecule has 0 atom stereocenters. The summed E-state index contributed by atoms with van der Waals surface area (Å²) in [5.74, 6) is -0.0760. The number of carbonyl (C=O) groups excluding carboxylic acids is 1. The Morgan fingerprint density at radius 3 is 2.46 bits per heavy atom. The molecule has 1 saturated heterocycles. The molecule has 7 heteroatoms. The number of anilines is 2. The molecule has 2 aromatic carbocycles. The summed E-state index contributed by atoms with van der Waals surface area (Å²) in [7, 11) is 0. The molecular formula is C19H18Cl2N4O. The lowest BCUT2D eigenvalue weighted by Crippen LogP contribution is -2.48. The van der Waals surface area contributed by atoms with Gasteiger partial charge in [0, 0.05) is 31.9 Å². The molecule has 3 rings (SSSR count). The zero-order valence-corrected chi connectivity index (χ0v) is 15.6. The van der Waals surface area contributed by atoms with E-state index in [4.69, 9.17) is 28.5 Å². The topological polar surface area (TPSA) is 59.4 Å². The zero-order chi connectivity index (χ0) is 18.5. The van der Waals surface area contributed by atoms with Crippen molar-refractivity contribution >= 4 is 40.5 Å². The number of benzene rings is 2. The number of para-hydroxylation sites is 1. The second-order valence-electron chi connectivity index (χ2n) is 6.07. The van der Waals surface area contributed by atoms with Crippen LogP contribution in [0.4, 0.5) is 11.4 Å². The summed E-state index contributed by atoms with van der Waals surface area (Å²) in [5.41, 5.74) is 2.10. The Morgan fingerprint density at radius 1 is 1.08 bits per heavy atom. The summed E-state index contributed by atoms with van der Waals surface area (Å²) < 4.78 is 0. The van der Waals surface area contributed by atoms with E-state index < -0.39 is 0 Å². The Kier molecular flexibility index (Phi) is 6.00. The summed E-state index contributed by atoms with van der Waals surface area (Å²) >= 11 is 12.2. The predicted molar refractivity (Wildman–Crippen MR) is 105 cm³/mol. The molecule has 5 nitrogen and oxygen atoms in total. The van der Waals surface area contributed by atoms with Crippen molar-refractivity contribution in [3.8, 4) is 6.07 Å². The van der Waals surface area contributed by atoms with Crippen LogP contribution in [0, 0.1) is 11.3 Å². The minimum atomic E-state index is -0.0760. The monoisotopic (exact) mass is 388 g/mol. The van der Waals surface area contributed by atoms with Crippen LogP contribution in [0.2, 0.25) is 10.0 Å². The molecule has 0 aliphatic carbocycles. The third kappa shape index (κ3) is 4.47. The van der Waals surface area contributed by atoms with Crippen LogP contribution in [0.3, 0.4) is 0 Å². The molecule has 26 heavy (non-hydrogen) atoms. The lowest BCUT2D eigenvalue weighted by molar-refractivity contribution is -0.117. The summed E-state index contributed by atoms with van der Waals surface area (Å²) in [6.07, 6.45) is 0. The number of nitrogens with zero attached hydrogens (tertiary/aromatic N) is 3. The van der Waals surface area contributed by atoms with Crippen molar-refractivity contribution in [2.24, 2.45) is 0 Å². The fourth-order valence-electron chi connectivity index (χ4n) is 2.91. The Balaban J connectivity index is 1.52. The van der Waals surface area contributed by atoms with Gasteiger partial charge in [0.2, 0.25) is 5.91 Å². The molecular weight excluding hydrogens is 371 g/mol. The molecule has 1 heterocycles. The van der Waals surface area contributed by atoms with Gasteiger partial charge in [-0.1, -0.05) is 35.3 Å². The van der Waals surface area contributed by atoms with E-state index in [1.54, 1.807) is 18.2 Å². The van der Waals surface area contributed by atoms with Crippen molar-refractivity contribution in [2.45, 2.75) is 0 Å². The highest BCUT2D eigenvalue weighted by Gasteiger charge is 2.20. The van der Waals surface area contributed by atoms with E-state index in [0.717, 1.165) is 31.9 Å². The first-order valence-corrected chi connectivity index (χ1v) is 9.04. The fourth-order valence-corrected chi connectivity index (χ4v) is 3.31. The highest BCUT2D eigenvalue weighted by Crippen LogP contribution is 2.24. The molecule has 1 aliphatic rings. The zero-order valence-electron chi connectivity index (χ0n) is 14.1. The van der Waals surface area contributed by atoms with Gasteiger partial charge in [-0.05, 0) is 30.3 Å². The van der Waals surface area contributed by atoms with Gasteiger partial charge in [-0.15, -0.1) is 0 Å². The molecule has 0 saturated carbocycles. The van der Waals surface area contributed by atoms with Crippen LogP contribution in [0.15, 0.2) is 42.5 Å². The molecule has 2 aromatic rings. The van der Waals surface area contributed by atoms with Crippen LogP contribution in [0.1, 0.15) is 5.56 Å². The number of nitrogens with one attached hydrogen (secondary N) is 1. The molecule has 134 valence electrons. The number of hydrogen-bond acceptors (Lipinski definition) is 4. The first-order valence-electron chi connectivity index (χ1n) is 8.28. The summed E-state index contributed by atoms with van der Waals surface area (Å²) in [5, 5.41) is 12.8. The van der Waals surface area contributed by atoms with Crippen molar-refractivity contribution in [2.75, 3.05) is 42.9 Å². The molecule has 0 radical (unpaired) electrons. The van der Waals surface area contributed by atoms with Gasteiger partial charge in [0.05, 0.1) is 27.8 Å². The van der Waals surface area contributed by atoms with Crippen molar-refractivity contribution in [3.63, 3.8) is 0 Å². The standard InChI is InChI=1S/C19H18Cl2N4O/c20-16-3-1-2-4-18(16)23-19(26)13-24-7-9-25(10-8-24)15-6-5-14(12-22)17(21)11-15/h1-6,11H,7-10,13H2,(H,23,26). The van der Waals surface area contributed by atoms with Crippen LogP contribution < -0.4 is 10.2 Å². The summed E-state index contributed by atoms with van der Waals surface area (Å²) in [4.78, 5) is 16.5. The number of halogens is 2. The van der Waals surface area contributed by atoms with Crippen LogP contribution >= 0.6 is 23.2 Å². The molecule has 1 fully saturated rings. The number of amides is 1. The van der Waals surface area contributed by atoms with Gasteiger partial charge in [0.15, 0.2) is 0 Å². The third-order valence-corrected chi connectivity index (χ3v) is 4.97. The van der Waals surface area contributed by atoms with Crippen LogP contribution in [0.5, 0.6) is 0 Å². The first kappa shape index (κ1) is 18.5. The predicted octanol–water partition coefficient (Wildman–Crippen LogP) is 3.63. The SMILES string of the molecule is N#Cc1ccc(N2CCN(CC(=O)Nc3ccccc3Cl)CC2)cc1Cl. The van der Waals surface area contributed by atoms with Gasteiger partial charge in [-0.25, -0.2) is 0 Å². The van der Waals surface area contributed by atoms with E-state index >= 15 is 0 Å². The molecule has 1 N–H and O–H groups in total. The maximum absolute atomic E-state index is 12.2. The maximum Gasteiger partial charge on any atom is 0.238 e. The van der Waals surface area contributed by atoms with Crippen molar-refractivity contribution in [1.82, 2.24) is 4.90 Å². The van der Waals surface area contributed by atoms with Gasteiger partial charge < -0.3 is 10.2 Å². The van der Waals surface area contributed by atoms with Crippen LogP contribution in [0.25, 0.3) is 0 Å². The number of nitriles is 1. The molecule has 0 aromatic heterocycles. The highest BCUT2D eigenvalue weighted by atomic mass is 35.5. The third-order valence-electron chi connectivity index (χ3n) is 4.33. The van der Waals surface area contributed by atoms with Gasteiger partial charge in [0.25, 0.3) is 0 Å². The van der Waals surface area contributed by atoms with Gasteiger partial charge >= 0.3 is 0 Å². The summed E-state index contributed by atoms with van der Waals surface area (Å²) in [6, 6.07) is 14.7. The summed E-state index contributed by atoms with van der Waals surface area (Å²) in [6.45, 7) is 3.46. The Hall–Kier alpha value is -2.26. The van der Waals surface area contributed by atoms with E-state index in [1.165, 1.54) is 0 Å². The average Bonchev–Trinajstić information content (AvgIpc) is 2.64. The van der Waals surface area contributed by atoms with E-state index in [-0.39, 0.29) is 5.91 Å². The lowest BCUT2D eigenvalue weighted by atomic mass is 10.2. The first-order chi connectivity index (χ1) is 12.6. The minimum absolute atomic E-state index is 0.0760. The van der Waals surface area contributed by atoms with Crippen LogP contribution in [-0.4, -0.2) is 43.5 Å². The maximum atomic E-state index is 12.2. The van der Waals surface area contributed by atoms with Crippen molar-refractivity contribution in [1.29, 1.82) is 5.26 Å². The molecule has 0 bridgehead atoms. The molecule has 0 spiro atoms. The highest BCUT2D eigenvalue weighted by molar-refractivity contribution is 6.33. The smallest absolute Gasteiger partial charge is 0.238 e. The quantitative estimate of drug-likeness (QED) is 0.868. The molecule has 1 aliphatic heterocycles. The van der Waals surface area contributed by atoms with Crippen LogP contribution in [-0.2, 0) is 4.79 Å². The fraction of sp³-hybridized carbons (Fsp3) is 0.263. The van der Waals surface area contributed by atoms with Gasteiger partial charge in [-0.2, -0.15) is 5.26 Å². The molecule has 1 amide bonds. The Labute approximate surface area is 162 Å². The van der Waals surface area contributed by atoms with Gasteiger partial charge in [0.1, 0.15) is 6.07 Å². The minimum Gasteiger partial charge on any atom is -0.369 e. The van der Waals surface area contributed by atoms with Crippen molar-refractivity contribution in [3.05, 3.63) is 58.1 Å². The number of rotatable bonds is 4.